The van der Waals surface area contributed by atoms with Crippen LogP contribution >= 0.6 is 0 Å². The molecule has 0 spiro atoms. The SMILES string of the molecule is O=C(O)c1cccnc1OCC1CCCCC1. The third-order valence-corrected chi connectivity index (χ3v) is 3.18. The number of ether oxygens (including phenoxy) is 1. The predicted octanol–water partition coefficient (Wildman–Crippen LogP) is 2.74. The van der Waals surface area contributed by atoms with Crippen molar-refractivity contribution in [2.45, 2.75) is 32.1 Å². The molecule has 17 heavy (non-hydrogen) atoms. The van der Waals surface area contributed by atoms with Crippen molar-refractivity contribution in [1.29, 1.82) is 0 Å². The molecule has 1 heterocycles. The Morgan fingerprint density at radius 1 is 1.41 bits per heavy atom. The molecule has 1 aromatic heterocycles. The Balaban J connectivity index is 1.96. The smallest absolute Gasteiger partial charge is 0.341 e. The zero-order valence-electron chi connectivity index (χ0n) is 9.76. The largest absolute Gasteiger partial charge is 0.477 e. The first-order chi connectivity index (χ1) is 8.27. The first kappa shape index (κ1) is 11.9. The standard InChI is InChI=1S/C13H17NO3/c15-13(16)11-7-4-8-14-12(11)17-9-10-5-2-1-3-6-10/h4,7-8,10H,1-3,5-6,9H2,(H,15,16). The summed E-state index contributed by atoms with van der Waals surface area (Å²) in [5, 5.41) is 8.98. The van der Waals surface area contributed by atoms with Gasteiger partial charge in [0.05, 0.1) is 6.61 Å². The number of pyridine rings is 1. The van der Waals surface area contributed by atoms with Gasteiger partial charge < -0.3 is 9.84 Å². The number of rotatable bonds is 4. The second kappa shape index (κ2) is 5.66. The molecule has 92 valence electrons. The molecular formula is C13H17NO3. The van der Waals surface area contributed by atoms with Gasteiger partial charge in [0.15, 0.2) is 0 Å². The van der Waals surface area contributed by atoms with E-state index in [-0.39, 0.29) is 11.4 Å². The van der Waals surface area contributed by atoms with E-state index in [4.69, 9.17) is 9.84 Å². The molecule has 0 saturated heterocycles. The van der Waals surface area contributed by atoms with Crippen molar-refractivity contribution in [3.8, 4) is 5.88 Å². The fourth-order valence-electron chi connectivity index (χ4n) is 2.22. The average Bonchev–Trinajstić information content (AvgIpc) is 2.38. The number of carbonyl (C=O) groups is 1. The maximum absolute atomic E-state index is 11.0. The first-order valence-corrected chi connectivity index (χ1v) is 6.08. The van der Waals surface area contributed by atoms with Gasteiger partial charge in [-0.3, -0.25) is 0 Å². The zero-order valence-corrected chi connectivity index (χ0v) is 9.76. The summed E-state index contributed by atoms with van der Waals surface area (Å²) in [5.74, 6) is -0.199. The number of carboxylic acid groups (broad SMARTS) is 1. The molecule has 1 fully saturated rings. The van der Waals surface area contributed by atoms with Gasteiger partial charge in [-0.1, -0.05) is 19.3 Å². The molecule has 1 aromatic rings. The Hall–Kier alpha value is -1.58. The van der Waals surface area contributed by atoms with Gasteiger partial charge in [0.25, 0.3) is 0 Å². The highest BCUT2D eigenvalue weighted by atomic mass is 16.5. The molecule has 1 N–H and O–H groups in total. The average molecular weight is 235 g/mol. The Kier molecular flexibility index (Phi) is 3.96. The molecule has 1 aliphatic carbocycles. The van der Waals surface area contributed by atoms with E-state index in [1.807, 2.05) is 0 Å². The summed E-state index contributed by atoms with van der Waals surface area (Å²) in [5.41, 5.74) is 0.142. The maximum Gasteiger partial charge on any atom is 0.341 e. The predicted molar refractivity (Wildman–Crippen MR) is 63.3 cm³/mol. The van der Waals surface area contributed by atoms with E-state index >= 15 is 0 Å². The molecule has 0 amide bonds. The van der Waals surface area contributed by atoms with Crippen molar-refractivity contribution >= 4 is 5.97 Å². The zero-order chi connectivity index (χ0) is 12.1. The molecule has 0 aliphatic heterocycles. The van der Waals surface area contributed by atoms with Crippen molar-refractivity contribution < 1.29 is 14.6 Å². The Morgan fingerprint density at radius 2 is 2.18 bits per heavy atom. The van der Waals surface area contributed by atoms with Gasteiger partial charge in [0, 0.05) is 6.20 Å². The second-order valence-electron chi connectivity index (χ2n) is 4.48. The van der Waals surface area contributed by atoms with Crippen molar-refractivity contribution in [1.82, 2.24) is 4.98 Å². The normalized spacial score (nSPS) is 16.7. The highest BCUT2D eigenvalue weighted by Gasteiger charge is 2.17. The van der Waals surface area contributed by atoms with Crippen LogP contribution in [0, 0.1) is 5.92 Å². The van der Waals surface area contributed by atoms with E-state index in [1.165, 1.54) is 38.2 Å². The highest BCUT2D eigenvalue weighted by molar-refractivity contribution is 5.90. The minimum Gasteiger partial charge on any atom is -0.477 e. The van der Waals surface area contributed by atoms with Crippen LogP contribution < -0.4 is 4.74 Å². The summed E-state index contributed by atoms with van der Waals surface area (Å²) in [6, 6.07) is 3.13. The maximum atomic E-state index is 11.0. The van der Waals surface area contributed by atoms with E-state index in [9.17, 15) is 4.79 Å². The number of hydrogen-bond acceptors (Lipinski definition) is 3. The molecule has 1 aliphatic rings. The van der Waals surface area contributed by atoms with Crippen LogP contribution in [0.2, 0.25) is 0 Å². The van der Waals surface area contributed by atoms with Crippen molar-refractivity contribution in [2.24, 2.45) is 5.92 Å². The van der Waals surface area contributed by atoms with Gasteiger partial charge in [-0.15, -0.1) is 0 Å². The summed E-state index contributed by atoms with van der Waals surface area (Å²) >= 11 is 0. The first-order valence-electron chi connectivity index (χ1n) is 6.08. The lowest BCUT2D eigenvalue weighted by Crippen LogP contribution is -2.16. The van der Waals surface area contributed by atoms with Crippen molar-refractivity contribution in [3.63, 3.8) is 0 Å². The molecule has 4 nitrogen and oxygen atoms in total. The minimum atomic E-state index is -0.989. The van der Waals surface area contributed by atoms with Gasteiger partial charge in [0.1, 0.15) is 5.56 Å². The van der Waals surface area contributed by atoms with Gasteiger partial charge >= 0.3 is 5.97 Å². The third-order valence-electron chi connectivity index (χ3n) is 3.18. The van der Waals surface area contributed by atoms with Crippen LogP contribution in [0.1, 0.15) is 42.5 Å². The molecule has 1 saturated carbocycles. The van der Waals surface area contributed by atoms with Gasteiger partial charge in [-0.2, -0.15) is 0 Å². The molecule has 0 radical (unpaired) electrons. The molecule has 4 heteroatoms. The van der Waals surface area contributed by atoms with Crippen LogP contribution in [-0.4, -0.2) is 22.7 Å². The highest BCUT2D eigenvalue weighted by Crippen LogP contribution is 2.25. The fraction of sp³-hybridized carbons (Fsp3) is 0.538. The summed E-state index contributed by atoms with van der Waals surface area (Å²) in [6.07, 6.45) is 7.72. The molecule has 0 atom stereocenters. The van der Waals surface area contributed by atoms with E-state index < -0.39 is 5.97 Å². The van der Waals surface area contributed by atoms with E-state index in [0.29, 0.717) is 12.5 Å². The lowest BCUT2D eigenvalue weighted by atomic mass is 9.90. The molecule has 0 aromatic carbocycles. The minimum absolute atomic E-state index is 0.142. The molecular weight excluding hydrogens is 218 g/mol. The summed E-state index contributed by atoms with van der Waals surface area (Å²) in [6.45, 7) is 0.581. The van der Waals surface area contributed by atoms with Crippen molar-refractivity contribution in [2.75, 3.05) is 6.61 Å². The molecule has 0 bridgehead atoms. The van der Waals surface area contributed by atoms with Crippen molar-refractivity contribution in [3.05, 3.63) is 23.9 Å². The molecule has 2 rings (SSSR count). The summed E-state index contributed by atoms with van der Waals surface area (Å²) in [7, 11) is 0. The lowest BCUT2D eigenvalue weighted by Gasteiger charge is -2.21. The van der Waals surface area contributed by atoms with Gasteiger partial charge in [0.2, 0.25) is 5.88 Å². The van der Waals surface area contributed by atoms with Gasteiger partial charge in [-0.05, 0) is 30.9 Å². The van der Waals surface area contributed by atoms with Gasteiger partial charge in [-0.25, -0.2) is 9.78 Å². The molecule has 0 unspecified atom stereocenters. The van der Waals surface area contributed by atoms with E-state index in [1.54, 1.807) is 12.3 Å². The monoisotopic (exact) mass is 235 g/mol. The van der Waals surface area contributed by atoms with Crippen LogP contribution in [-0.2, 0) is 0 Å². The number of hydrogen-bond donors (Lipinski definition) is 1. The number of carboxylic acids is 1. The summed E-state index contributed by atoms with van der Waals surface area (Å²) < 4.78 is 5.55. The van der Waals surface area contributed by atoms with Crippen LogP contribution in [0.3, 0.4) is 0 Å². The van der Waals surface area contributed by atoms with Crippen LogP contribution in [0.15, 0.2) is 18.3 Å². The fourth-order valence-corrected chi connectivity index (χ4v) is 2.22. The Bertz CT molecular complexity index is 386. The number of aromatic carboxylic acids is 1. The third kappa shape index (κ3) is 3.19. The second-order valence-corrected chi connectivity index (χ2v) is 4.48. The quantitative estimate of drug-likeness (QED) is 0.871. The number of aromatic nitrogens is 1. The summed E-state index contributed by atoms with van der Waals surface area (Å²) in [4.78, 5) is 14.9. The van der Waals surface area contributed by atoms with E-state index in [0.717, 1.165) is 0 Å². The number of nitrogens with zero attached hydrogens (tertiary/aromatic N) is 1. The Morgan fingerprint density at radius 3 is 2.88 bits per heavy atom. The topological polar surface area (TPSA) is 59.4 Å². The van der Waals surface area contributed by atoms with Crippen LogP contribution in [0.4, 0.5) is 0 Å². The Labute approximate surface area is 101 Å². The lowest BCUT2D eigenvalue weighted by molar-refractivity contribution is 0.0689. The van der Waals surface area contributed by atoms with Crippen LogP contribution in [0.25, 0.3) is 0 Å². The van der Waals surface area contributed by atoms with Crippen LogP contribution in [0.5, 0.6) is 5.88 Å². The van der Waals surface area contributed by atoms with E-state index in [2.05, 4.69) is 4.98 Å².